The number of hydrogen-bond acceptors (Lipinski definition) is 2. The molecular weight excluding hydrogens is 753 g/mol. The Hall–Kier alpha value is -5.80. The van der Waals surface area contributed by atoms with Crippen molar-refractivity contribution >= 4 is 75.8 Å². The van der Waals surface area contributed by atoms with Gasteiger partial charge >= 0.3 is 0 Å². The topological polar surface area (TPSA) is 29.5 Å². The molecule has 0 saturated heterocycles. The third-order valence-corrected chi connectivity index (χ3v) is 21.7. The lowest BCUT2D eigenvalue weighted by Crippen LogP contribution is -2.40. The predicted molar refractivity (Wildman–Crippen MR) is 245 cm³/mol. The summed E-state index contributed by atoms with van der Waals surface area (Å²) < 4.78 is 5.63. The van der Waals surface area contributed by atoms with Crippen LogP contribution in [0, 0.1) is 11.8 Å². The van der Waals surface area contributed by atoms with Gasteiger partial charge in [-0.05, 0) is 214 Å². The smallest absolute Gasteiger partial charge is 0.154 e. The second-order valence-corrected chi connectivity index (χ2v) is 22.5. The van der Waals surface area contributed by atoms with Crippen molar-refractivity contribution in [3.63, 3.8) is 0 Å². The van der Waals surface area contributed by atoms with Crippen molar-refractivity contribution in [2.24, 2.45) is 11.8 Å². The van der Waals surface area contributed by atoms with E-state index in [9.17, 15) is 5.11 Å². The summed E-state index contributed by atoms with van der Waals surface area (Å²) in [5.74, 6) is 2.51. The Labute approximate surface area is 354 Å². The second-order valence-electron chi connectivity index (χ2n) is 22.5. The fraction of sp³-hybridized carbons (Fsp3) is 0.267. The molecule has 2 nitrogen and oxygen atoms in total. The van der Waals surface area contributed by atoms with Gasteiger partial charge in [0.05, 0.1) is 0 Å². The summed E-state index contributed by atoms with van der Waals surface area (Å²) in [4.78, 5) is 0. The van der Waals surface area contributed by atoms with Crippen molar-refractivity contribution in [2.45, 2.75) is 78.3 Å². The van der Waals surface area contributed by atoms with Crippen LogP contribution in [0.3, 0.4) is 0 Å². The highest BCUT2D eigenvalue weighted by Crippen LogP contribution is 2.99. The first-order valence-corrected chi connectivity index (χ1v) is 23.9. The van der Waals surface area contributed by atoms with Gasteiger partial charge in [-0.3, -0.25) is 0 Å². The Morgan fingerprint density at radius 3 is 2.37 bits per heavy atom. The van der Waals surface area contributed by atoms with Gasteiger partial charge in [0.25, 0.3) is 0 Å². The van der Waals surface area contributed by atoms with Crippen molar-refractivity contribution in [1.29, 1.82) is 0 Å². The molecule has 9 aromatic carbocycles. The molecule has 1 N–H and O–H groups in total. The maximum atomic E-state index is 11.2. The first kappa shape index (κ1) is 28.7. The summed E-state index contributed by atoms with van der Waals surface area (Å²) >= 11 is 0. The molecular formula is C60H34O2. The molecule has 62 heavy (non-hydrogen) atoms. The summed E-state index contributed by atoms with van der Waals surface area (Å²) in [6.07, 6.45) is 17.6. The Kier molecular flexibility index (Phi) is 3.56. The molecule has 1 fully saturated rings. The predicted octanol–water partition coefficient (Wildman–Crippen LogP) is 12.3. The van der Waals surface area contributed by atoms with E-state index in [4.69, 9.17) is 4.74 Å². The molecule has 0 aromatic heterocycles. The van der Waals surface area contributed by atoms with Crippen LogP contribution in [0.5, 0.6) is 0 Å². The van der Waals surface area contributed by atoms with E-state index in [2.05, 4.69) is 78.9 Å². The number of hydrogen-bond donors (Lipinski definition) is 1. The number of allylic oxidation sites excluding steroid dienone is 8. The van der Waals surface area contributed by atoms with Crippen LogP contribution in [-0.2, 0) is 33.8 Å². The van der Waals surface area contributed by atoms with E-state index >= 15 is 0 Å². The molecule has 0 amide bonds. The van der Waals surface area contributed by atoms with Gasteiger partial charge in [-0.2, -0.15) is 0 Å². The zero-order valence-corrected chi connectivity index (χ0v) is 33.9. The van der Waals surface area contributed by atoms with Crippen LogP contribution in [0.4, 0.5) is 0 Å². The molecule has 286 valence electrons. The third-order valence-electron chi connectivity index (χ3n) is 21.7. The molecule has 13 aliphatic rings. The Morgan fingerprint density at radius 2 is 1.47 bits per heavy atom. The van der Waals surface area contributed by atoms with E-state index in [-0.39, 0.29) is 16.2 Å². The van der Waals surface area contributed by atoms with E-state index in [1.54, 1.807) is 167 Å². The molecule has 1 saturated carbocycles. The molecule has 10 atom stereocenters. The summed E-state index contributed by atoms with van der Waals surface area (Å²) in [5, 5.41) is 30.7. The number of benzene rings is 8. The average molecular weight is 787 g/mol. The molecule has 10 unspecified atom stereocenters. The Balaban J connectivity index is 1.11. The van der Waals surface area contributed by atoms with Crippen molar-refractivity contribution < 1.29 is 9.84 Å². The van der Waals surface area contributed by atoms with Gasteiger partial charge in [0.1, 0.15) is 0 Å². The first-order valence-electron chi connectivity index (χ1n) is 23.9. The van der Waals surface area contributed by atoms with Gasteiger partial charge in [-0.25, -0.2) is 0 Å². The molecule has 2 heteroatoms. The maximum absolute atomic E-state index is 11.2. The van der Waals surface area contributed by atoms with Crippen molar-refractivity contribution in [1.82, 2.24) is 0 Å². The fourth-order valence-electron chi connectivity index (χ4n) is 21.2. The zero-order valence-electron chi connectivity index (χ0n) is 33.9. The lowest BCUT2D eigenvalue weighted by molar-refractivity contribution is -0.0796. The van der Waals surface area contributed by atoms with Crippen molar-refractivity contribution in [3.8, 4) is 11.1 Å². The number of ether oxygens (including phenoxy) is 1. The minimum Gasteiger partial charge on any atom is -0.368 e. The number of rotatable bonds is 6. The van der Waals surface area contributed by atoms with Crippen LogP contribution in [0.15, 0.2) is 84.5 Å². The van der Waals surface area contributed by atoms with Crippen molar-refractivity contribution in [3.05, 3.63) is 162 Å². The van der Waals surface area contributed by atoms with Crippen LogP contribution in [0.1, 0.15) is 121 Å². The maximum Gasteiger partial charge on any atom is 0.154 e. The monoisotopic (exact) mass is 786 g/mol. The van der Waals surface area contributed by atoms with Crippen LogP contribution < -0.4 is 0 Å². The van der Waals surface area contributed by atoms with Gasteiger partial charge in [-0.1, -0.05) is 78.9 Å². The number of aliphatic hydroxyl groups is 1. The second kappa shape index (κ2) is 7.69. The molecule has 0 radical (unpaired) electrons. The van der Waals surface area contributed by atoms with E-state index in [1.807, 2.05) is 0 Å². The summed E-state index contributed by atoms with van der Waals surface area (Å²) in [7, 11) is 1.68. The largest absolute Gasteiger partial charge is 0.368 e. The van der Waals surface area contributed by atoms with Gasteiger partial charge in [0, 0.05) is 47.0 Å². The summed E-state index contributed by atoms with van der Waals surface area (Å²) in [6, 6.07) is 20.2. The summed E-state index contributed by atoms with van der Waals surface area (Å²) in [6.45, 7) is 0. The van der Waals surface area contributed by atoms with Crippen LogP contribution in [0.2, 0.25) is 0 Å². The number of methoxy groups -OCH3 is 1. The Bertz CT molecular complexity index is 4230. The third kappa shape index (κ3) is 2.01. The lowest BCUT2D eigenvalue weighted by atomic mass is 9.57. The number of fused-ring (bicyclic) bond motifs is 2. The number of aliphatic hydroxyl groups excluding tert-OH is 1. The van der Waals surface area contributed by atoms with Gasteiger partial charge in [0.2, 0.25) is 0 Å². The van der Waals surface area contributed by atoms with Crippen LogP contribution in [-0.4, -0.2) is 18.5 Å². The molecule has 2 spiro atoms. The molecule has 13 aliphatic carbocycles. The first-order chi connectivity index (χ1) is 30.7. The quantitative estimate of drug-likeness (QED) is 0.134. The Morgan fingerprint density at radius 1 is 0.677 bits per heavy atom. The van der Waals surface area contributed by atoms with E-state index in [0.717, 1.165) is 25.7 Å². The van der Waals surface area contributed by atoms with E-state index < -0.39 is 6.29 Å². The molecule has 0 aliphatic heterocycles. The minimum absolute atomic E-state index is 0.103. The lowest BCUT2D eigenvalue weighted by Gasteiger charge is -2.44. The molecule has 9 aromatic rings. The zero-order chi connectivity index (χ0) is 38.9. The van der Waals surface area contributed by atoms with Gasteiger partial charge in [-0.15, -0.1) is 0 Å². The SMILES string of the molecule is COC(O)CCCC1(c2ccccc2)C23c4c5c6c7c8c4C4C9=C8C=CC7C7C=C8Cc%10cc%11cc%12c%13c%14c(cc%15c(c%14c%14c2c-5c2c(c8c%10c5c%11c%13c%14c25)C67)C13C4C%15C=C9)C%12. The van der Waals surface area contributed by atoms with E-state index in [0.29, 0.717) is 41.9 Å². The van der Waals surface area contributed by atoms with E-state index in [1.165, 1.54) is 10.9 Å². The van der Waals surface area contributed by atoms with Crippen molar-refractivity contribution in [2.75, 3.05) is 7.11 Å². The highest BCUT2D eigenvalue weighted by atomic mass is 16.6. The molecule has 22 rings (SSSR count). The average Bonchev–Trinajstić information content (AvgIpc) is 4.05. The van der Waals surface area contributed by atoms with Crippen LogP contribution in [0.25, 0.3) is 86.9 Å². The standard InChI is InChI=1S/C60H34O2/c1-62-32(61)8-5-13-58(25-6-3-2-4-7-25)59-54-29-12-11-27-26-9-10-28-30-18-23-16-20-14-22-15-21-17-24-19-31(29)55(59)49-36(24)34(21)43-37(22)42-33(20)35(23)44-40(30)45-38(28)39(26)50(41(27)54)56-51(45)53-48(44)46(42)47(43)52(49)57(53)60(56,58)59/h2-4,6-7,9-12,14-15,18-19,28-30,32,40-41,54,61H,5,8,13,16-17H2,1H3. The summed E-state index contributed by atoms with van der Waals surface area (Å²) in [5.41, 5.74) is 31.4. The highest BCUT2D eigenvalue weighted by molar-refractivity contribution is 6.53. The minimum atomic E-state index is -0.746. The normalized spacial score (nSPS) is 34.5. The van der Waals surface area contributed by atoms with Gasteiger partial charge in [0.15, 0.2) is 6.29 Å². The molecule has 0 bridgehead atoms. The fourth-order valence-corrected chi connectivity index (χ4v) is 21.2. The van der Waals surface area contributed by atoms with Crippen LogP contribution >= 0.6 is 0 Å². The highest BCUT2D eigenvalue weighted by Gasteiger charge is 2.97. The molecule has 0 heterocycles. The van der Waals surface area contributed by atoms with Gasteiger partial charge < -0.3 is 9.84 Å².